The fourth-order valence-corrected chi connectivity index (χ4v) is 4.01. The molecule has 2 aromatic carbocycles. The maximum Gasteiger partial charge on any atom is 0.256 e. The van der Waals surface area contributed by atoms with Crippen LogP contribution < -0.4 is 10.6 Å². The lowest BCUT2D eigenvalue weighted by Crippen LogP contribution is -2.03. The number of halogens is 2. The Bertz CT molecular complexity index is 1620. The van der Waals surface area contributed by atoms with Crippen LogP contribution >= 0.6 is 0 Å². The van der Waals surface area contributed by atoms with E-state index in [1.807, 2.05) is 6.92 Å². The van der Waals surface area contributed by atoms with Gasteiger partial charge < -0.3 is 20.6 Å². The van der Waals surface area contributed by atoms with Crippen LogP contribution in [0.25, 0.3) is 11.6 Å². The van der Waals surface area contributed by atoms with E-state index in [0.717, 1.165) is 17.7 Å². The van der Waals surface area contributed by atoms with Gasteiger partial charge in [0.1, 0.15) is 17.3 Å². The van der Waals surface area contributed by atoms with Gasteiger partial charge in [-0.2, -0.15) is 0 Å². The molecule has 0 spiro atoms. The van der Waals surface area contributed by atoms with Crippen LogP contribution in [-0.4, -0.2) is 38.0 Å². The van der Waals surface area contributed by atoms with Crippen LogP contribution in [-0.2, 0) is 16.0 Å². The van der Waals surface area contributed by atoms with Gasteiger partial charge in [-0.05, 0) is 57.0 Å². The van der Waals surface area contributed by atoms with Crippen LogP contribution in [0.3, 0.4) is 0 Å². The lowest BCUT2D eigenvalue weighted by molar-refractivity contribution is -0.115. The minimum Gasteiger partial charge on any atom is -0.348 e. The van der Waals surface area contributed by atoms with Crippen molar-refractivity contribution in [3.8, 4) is 0 Å². The highest BCUT2D eigenvalue weighted by Crippen LogP contribution is 2.36. The predicted octanol–water partition coefficient (Wildman–Crippen LogP) is 4.82. The Morgan fingerprint density at radius 3 is 1.95 bits per heavy atom. The molecule has 0 unspecified atom stereocenters. The quantitative estimate of drug-likeness (QED) is 0.217. The Morgan fingerprint density at radius 1 is 0.795 bits per heavy atom. The molecule has 6 rings (SSSR count). The highest BCUT2D eigenvalue weighted by atomic mass is 19.1. The molecule has 200 valence electrons. The molecule has 11 heteroatoms. The fraction of sp³-hybridized carbons (Fsp3) is 0.179. The van der Waals surface area contributed by atoms with Crippen LogP contribution in [0.4, 0.5) is 20.2 Å². The van der Waals surface area contributed by atoms with Crippen LogP contribution in [0, 0.1) is 39.3 Å². The second-order valence-electron chi connectivity index (χ2n) is 9.02. The summed E-state index contributed by atoms with van der Waals surface area (Å²) >= 11 is 0. The molecule has 9 nitrogen and oxygen atoms in total. The van der Waals surface area contributed by atoms with E-state index in [0.29, 0.717) is 50.6 Å². The Balaban J connectivity index is 0.000000150. The van der Waals surface area contributed by atoms with Gasteiger partial charge in [-0.15, -0.1) is 0 Å². The number of hydrogen-bond donors (Lipinski definition) is 4. The Kier molecular flexibility index (Phi) is 7.80. The Morgan fingerprint density at radius 2 is 1.38 bits per heavy atom. The van der Waals surface area contributed by atoms with Crippen molar-refractivity contribution in [3.05, 3.63) is 93.6 Å². The topological polar surface area (TPSA) is 133 Å². The van der Waals surface area contributed by atoms with Crippen molar-refractivity contribution in [2.75, 3.05) is 10.6 Å². The van der Waals surface area contributed by atoms with Gasteiger partial charge in [0, 0.05) is 28.2 Å². The number of anilines is 2. The zero-order valence-electron chi connectivity index (χ0n) is 21.7. The van der Waals surface area contributed by atoms with E-state index in [4.69, 9.17) is 0 Å². The molecule has 0 saturated heterocycles. The third-order valence-electron chi connectivity index (χ3n) is 6.28. The molecule has 4 aromatic rings. The van der Waals surface area contributed by atoms with Crippen LogP contribution in [0.15, 0.2) is 36.9 Å². The summed E-state index contributed by atoms with van der Waals surface area (Å²) in [5.41, 5.74) is 6.14. The highest BCUT2D eigenvalue weighted by Gasteiger charge is 2.28. The van der Waals surface area contributed by atoms with Gasteiger partial charge in [-0.1, -0.05) is 12.1 Å². The SMILES string of the molecule is Cc1[nH]cnc1C=O.Cc1ccc2c(c1F)/C(=C/c1nc[nH]c1C)C(=O)N2.Cc1ccc2c(c1F)CC(=O)N2. The lowest BCUT2D eigenvalue weighted by Gasteiger charge is -2.03. The van der Waals surface area contributed by atoms with Crippen molar-refractivity contribution >= 4 is 41.1 Å². The molecule has 4 heterocycles. The largest absolute Gasteiger partial charge is 0.348 e. The number of aldehydes is 1. The fourth-order valence-electron chi connectivity index (χ4n) is 4.01. The van der Waals surface area contributed by atoms with E-state index in [1.165, 1.54) is 6.33 Å². The summed E-state index contributed by atoms with van der Waals surface area (Å²) in [4.78, 5) is 46.4. The molecule has 0 saturated carbocycles. The van der Waals surface area contributed by atoms with Crippen molar-refractivity contribution in [2.24, 2.45) is 0 Å². The van der Waals surface area contributed by atoms with Gasteiger partial charge in [0.05, 0.1) is 36.0 Å². The number of aromatic amines is 2. The molecular formula is C28H26F2N6O3. The van der Waals surface area contributed by atoms with Gasteiger partial charge in [0.25, 0.3) is 5.91 Å². The Hall–Kier alpha value is -4.93. The molecule has 39 heavy (non-hydrogen) atoms. The number of aromatic nitrogens is 4. The van der Waals surface area contributed by atoms with Crippen LogP contribution in [0.5, 0.6) is 0 Å². The molecule has 0 aliphatic carbocycles. The molecule has 2 aliphatic rings. The number of imidazole rings is 2. The molecule has 4 N–H and O–H groups in total. The number of carbonyl (C=O) groups excluding carboxylic acids is 3. The van der Waals surface area contributed by atoms with E-state index < -0.39 is 0 Å². The Labute approximate surface area is 222 Å². The normalized spacial score (nSPS) is 13.9. The van der Waals surface area contributed by atoms with Gasteiger partial charge in [-0.25, -0.2) is 18.7 Å². The monoisotopic (exact) mass is 532 g/mol. The number of nitrogens with one attached hydrogen (secondary N) is 4. The van der Waals surface area contributed by atoms with Gasteiger partial charge in [0.2, 0.25) is 5.91 Å². The number of carbonyl (C=O) groups is 3. The lowest BCUT2D eigenvalue weighted by atomic mass is 10.0. The molecule has 2 aromatic heterocycles. The second-order valence-corrected chi connectivity index (χ2v) is 9.02. The van der Waals surface area contributed by atoms with E-state index >= 15 is 0 Å². The number of nitrogens with zero attached hydrogens (tertiary/aromatic N) is 2. The molecule has 0 fully saturated rings. The summed E-state index contributed by atoms with van der Waals surface area (Å²) < 4.78 is 27.5. The third-order valence-corrected chi connectivity index (χ3v) is 6.28. The summed E-state index contributed by atoms with van der Waals surface area (Å²) in [6.45, 7) is 7.02. The smallest absolute Gasteiger partial charge is 0.256 e. The third kappa shape index (κ3) is 5.66. The zero-order chi connectivity index (χ0) is 28.3. The minimum absolute atomic E-state index is 0.130. The standard InChI is InChI=1S/C14H12FN3O.C9H8FNO.C5H6N2O/c1-7-3-4-10-12(13(7)15)9(14(19)18-10)5-11-8(2)16-6-17-11;1-5-2-3-7-6(9(5)10)4-8(12)11-7;1-4-5(2-8)7-3-6-4/h3-6H,1-2H3,(H,16,17)(H,18,19);2-3H,4H2,1H3,(H,11,12);2-3H,1H3,(H,6,7)/b9-5-;;. The van der Waals surface area contributed by atoms with Crippen molar-refractivity contribution < 1.29 is 23.2 Å². The molecule has 0 atom stereocenters. The first-order chi connectivity index (χ1) is 18.6. The molecule has 2 amide bonds. The first kappa shape index (κ1) is 27.1. The number of benzene rings is 2. The average Bonchev–Trinajstić information content (AvgIpc) is 3.68. The molecule has 0 bridgehead atoms. The van der Waals surface area contributed by atoms with Crippen molar-refractivity contribution in [1.29, 1.82) is 0 Å². The maximum atomic E-state index is 14.2. The number of H-pyrrole nitrogens is 2. The van der Waals surface area contributed by atoms with E-state index in [2.05, 4.69) is 30.6 Å². The molecular weight excluding hydrogens is 506 g/mol. The number of amides is 2. The zero-order valence-corrected chi connectivity index (χ0v) is 21.7. The summed E-state index contributed by atoms with van der Waals surface area (Å²) in [7, 11) is 0. The summed E-state index contributed by atoms with van der Waals surface area (Å²) in [6, 6.07) is 6.76. The molecule has 0 radical (unpaired) electrons. The number of hydrogen-bond acceptors (Lipinski definition) is 5. The van der Waals surface area contributed by atoms with E-state index in [-0.39, 0.29) is 29.9 Å². The second kappa shape index (κ2) is 11.2. The van der Waals surface area contributed by atoms with Crippen molar-refractivity contribution in [2.45, 2.75) is 34.1 Å². The summed E-state index contributed by atoms with van der Waals surface area (Å²) in [6.07, 6.45) is 5.55. The number of fused-ring (bicyclic) bond motifs is 2. The average molecular weight is 533 g/mol. The highest BCUT2D eigenvalue weighted by molar-refractivity contribution is 6.35. The maximum absolute atomic E-state index is 14.2. The van der Waals surface area contributed by atoms with E-state index in [9.17, 15) is 23.2 Å². The van der Waals surface area contributed by atoms with Crippen molar-refractivity contribution in [3.63, 3.8) is 0 Å². The number of aryl methyl sites for hydroxylation is 4. The first-order valence-corrected chi connectivity index (χ1v) is 12.0. The predicted molar refractivity (Wildman–Crippen MR) is 143 cm³/mol. The number of rotatable bonds is 2. The van der Waals surface area contributed by atoms with Crippen LogP contribution in [0.1, 0.15) is 49.8 Å². The summed E-state index contributed by atoms with van der Waals surface area (Å²) in [5, 5.41) is 5.25. The van der Waals surface area contributed by atoms with E-state index in [1.54, 1.807) is 57.4 Å². The minimum atomic E-state index is -0.365. The van der Waals surface area contributed by atoms with Gasteiger partial charge in [0.15, 0.2) is 6.29 Å². The first-order valence-electron chi connectivity index (χ1n) is 12.0. The molecule has 2 aliphatic heterocycles. The summed E-state index contributed by atoms with van der Waals surface area (Å²) in [5.74, 6) is -1.06. The van der Waals surface area contributed by atoms with Gasteiger partial charge >= 0.3 is 0 Å². The van der Waals surface area contributed by atoms with Crippen LogP contribution in [0.2, 0.25) is 0 Å². The van der Waals surface area contributed by atoms with Crippen molar-refractivity contribution in [1.82, 2.24) is 19.9 Å². The van der Waals surface area contributed by atoms with Gasteiger partial charge in [-0.3, -0.25) is 14.4 Å².